The number of quaternary nitrogens is 1. The van der Waals surface area contributed by atoms with Crippen molar-refractivity contribution in [2.24, 2.45) is 0 Å². The number of nitrogens with one attached hydrogen (secondary N) is 1. The molecule has 10 heteroatoms. The number of phosphoric acid groups is 1. The van der Waals surface area contributed by atoms with Crippen molar-refractivity contribution in [1.29, 1.82) is 0 Å². The van der Waals surface area contributed by atoms with Crippen molar-refractivity contribution in [3.8, 4) is 0 Å². The number of carbonyl (C=O) groups excluding carboxylic acids is 2. The van der Waals surface area contributed by atoms with Gasteiger partial charge in [0, 0.05) is 12.8 Å². The summed E-state index contributed by atoms with van der Waals surface area (Å²) in [6, 6.07) is -0.856. The molecule has 3 unspecified atom stereocenters. The summed E-state index contributed by atoms with van der Waals surface area (Å²) in [6.07, 6.45) is 59.6. The monoisotopic (exact) mass is 992 g/mol. The van der Waals surface area contributed by atoms with Crippen LogP contribution < -0.4 is 5.32 Å². The fourth-order valence-corrected chi connectivity index (χ4v) is 8.98. The predicted octanol–water partition coefficient (Wildman–Crippen LogP) is 17.3. The maximum atomic E-state index is 13.5. The normalized spacial score (nSPS) is 14.1. The highest BCUT2D eigenvalue weighted by Gasteiger charge is 2.30. The van der Waals surface area contributed by atoms with Crippen LogP contribution in [0, 0.1) is 0 Å². The number of amides is 1. The molecule has 69 heavy (non-hydrogen) atoms. The number of esters is 1. The van der Waals surface area contributed by atoms with Crippen molar-refractivity contribution in [2.75, 3.05) is 40.9 Å². The summed E-state index contributed by atoms with van der Waals surface area (Å²) in [5, 5.41) is 3.04. The van der Waals surface area contributed by atoms with Gasteiger partial charge in [-0.15, -0.1) is 0 Å². The van der Waals surface area contributed by atoms with Crippen molar-refractivity contribution in [3.63, 3.8) is 0 Å². The number of rotatable bonds is 52. The minimum Gasteiger partial charge on any atom is -0.456 e. The number of hydrogen-bond donors (Lipinski definition) is 2. The number of likely N-dealkylation sites (N-methyl/N-ethyl adjacent to an activating group) is 1. The Balaban J connectivity index is 5.34. The average molecular weight is 993 g/mol. The summed E-state index contributed by atoms with van der Waals surface area (Å²) in [4.78, 5) is 37.6. The molecule has 0 radical (unpaired) electrons. The molecule has 0 saturated carbocycles. The van der Waals surface area contributed by atoms with Crippen molar-refractivity contribution >= 4 is 19.7 Å². The standard InChI is InChI=1S/C59H111N2O7P/c1-7-10-13-16-19-22-25-27-29-30-32-33-36-39-42-45-48-51-58(62)60-56(55-67-69(64,65)66-54-53-61(4,5)6)57(50-47-44-41-38-35-24-21-18-15-12-9-3)68-59(63)52-49-46-43-40-37-34-31-28-26-23-20-17-14-11-8-2/h19,22,27,29,32-33,47,50,56-57H,7-18,20-21,23-26,28,30-31,34-46,48-49,51-55H2,1-6H3,(H-,60,62,64,65)/p+1/b22-19-,29-27-,33-32-,50-47+. The number of carbonyl (C=O) groups is 2. The Bertz CT molecular complexity index is 1330. The first-order valence-electron chi connectivity index (χ1n) is 29.0. The van der Waals surface area contributed by atoms with Crippen LogP contribution in [0.5, 0.6) is 0 Å². The second kappa shape index (κ2) is 49.5. The van der Waals surface area contributed by atoms with Gasteiger partial charge in [-0.2, -0.15) is 0 Å². The van der Waals surface area contributed by atoms with Gasteiger partial charge >= 0.3 is 13.8 Å². The molecule has 0 aromatic carbocycles. The van der Waals surface area contributed by atoms with Crippen LogP contribution in [-0.2, 0) is 27.9 Å². The smallest absolute Gasteiger partial charge is 0.456 e. The summed E-state index contributed by atoms with van der Waals surface area (Å²) in [6.45, 7) is 6.97. The first-order valence-corrected chi connectivity index (χ1v) is 30.5. The number of ether oxygens (including phenoxy) is 1. The second-order valence-electron chi connectivity index (χ2n) is 20.8. The molecular weight excluding hydrogens is 880 g/mol. The molecule has 0 fully saturated rings. The molecule has 0 aromatic rings. The van der Waals surface area contributed by atoms with Gasteiger partial charge in [0.15, 0.2) is 0 Å². The molecule has 3 atom stereocenters. The first kappa shape index (κ1) is 67.0. The molecule has 2 N–H and O–H groups in total. The SMILES string of the molecule is CCCCC/C=C\C/C=C\C/C=C\CCCCCCC(=O)NC(COP(=O)(O)OCC[N+](C)(C)C)C(/C=C/CCCCCCCCCCC)OC(=O)CCCCCCCCCCCCCCCCC. The zero-order chi connectivity index (χ0) is 50.8. The molecule has 0 aliphatic heterocycles. The summed E-state index contributed by atoms with van der Waals surface area (Å²) < 4.78 is 30.6. The molecule has 0 rings (SSSR count). The summed E-state index contributed by atoms with van der Waals surface area (Å²) in [5.41, 5.74) is 0. The number of unbranched alkanes of at least 4 members (excludes halogenated alkanes) is 30. The largest absolute Gasteiger partial charge is 0.472 e. The van der Waals surface area contributed by atoms with E-state index in [0.717, 1.165) is 83.5 Å². The number of phosphoric ester groups is 1. The number of hydrogen-bond acceptors (Lipinski definition) is 6. The van der Waals surface area contributed by atoms with E-state index in [0.29, 0.717) is 17.4 Å². The van der Waals surface area contributed by atoms with Crippen molar-refractivity contribution < 1.29 is 37.3 Å². The summed E-state index contributed by atoms with van der Waals surface area (Å²) >= 11 is 0. The molecule has 1 amide bonds. The summed E-state index contributed by atoms with van der Waals surface area (Å²) in [5.74, 6) is -0.524. The Morgan fingerprint density at radius 2 is 0.884 bits per heavy atom. The van der Waals surface area contributed by atoms with Gasteiger partial charge < -0.3 is 19.4 Å². The maximum Gasteiger partial charge on any atom is 0.472 e. The Labute approximate surface area is 427 Å². The quantitative estimate of drug-likeness (QED) is 0.0205. The van der Waals surface area contributed by atoms with Crippen LogP contribution in [0.2, 0.25) is 0 Å². The molecule has 0 bridgehead atoms. The fraction of sp³-hybridized carbons (Fsp3) is 0.831. The van der Waals surface area contributed by atoms with E-state index in [1.165, 1.54) is 148 Å². The number of nitrogens with zero attached hydrogens (tertiary/aromatic N) is 1. The Kier molecular flexibility index (Phi) is 48.1. The lowest BCUT2D eigenvalue weighted by Gasteiger charge is -2.27. The van der Waals surface area contributed by atoms with Crippen LogP contribution in [0.4, 0.5) is 0 Å². The Morgan fingerprint density at radius 3 is 1.35 bits per heavy atom. The molecule has 404 valence electrons. The maximum absolute atomic E-state index is 13.5. The van der Waals surface area contributed by atoms with Gasteiger partial charge in [0.2, 0.25) is 5.91 Å². The van der Waals surface area contributed by atoms with E-state index in [4.69, 9.17) is 13.8 Å². The molecule has 0 aliphatic rings. The highest BCUT2D eigenvalue weighted by Crippen LogP contribution is 2.43. The second-order valence-corrected chi connectivity index (χ2v) is 22.3. The average Bonchev–Trinajstić information content (AvgIpc) is 3.31. The molecule has 0 saturated heterocycles. The van der Waals surface area contributed by atoms with E-state index < -0.39 is 20.0 Å². The van der Waals surface area contributed by atoms with Gasteiger partial charge in [-0.3, -0.25) is 18.6 Å². The van der Waals surface area contributed by atoms with Crippen molar-refractivity contribution in [2.45, 2.75) is 277 Å². The van der Waals surface area contributed by atoms with Crippen LogP contribution in [0.1, 0.15) is 265 Å². The third kappa shape index (κ3) is 50.7. The summed E-state index contributed by atoms with van der Waals surface area (Å²) in [7, 11) is 1.48. The van der Waals surface area contributed by atoms with E-state index in [2.05, 4.69) is 62.5 Å². The van der Waals surface area contributed by atoms with Gasteiger partial charge in [-0.25, -0.2) is 4.57 Å². The van der Waals surface area contributed by atoms with E-state index in [1.54, 1.807) is 0 Å². The molecular formula is C59H112N2O7P+. The lowest BCUT2D eigenvalue weighted by molar-refractivity contribution is -0.870. The first-order chi connectivity index (χ1) is 33.4. The zero-order valence-corrected chi connectivity index (χ0v) is 47.0. The van der Waals surface area contributed by atoms with Crippen LogP contribution in [-0.4, -0.2) is 74.3 Å². The molecule has 0 aliphatic carbocycles. The van der Waals surface area contributed by atoms with Gasteiger partial charge in [-0.1, -0.05) is 230 Å². The Morgan fingerprint density at radius 1 is 0.507 bits per heavy atom. The third-order valence-electron chi connectivity index (χ3n) is 12.8. The van der Waals surface area contributed by atoms with E-state index >= 15 is 0 Å². The zero-order valence-electron chi connectivity index (χ0n) is 46.1. The van der Waals surface area contributed by atoms with E-state index in [1.807, 2.05) is 33.3 Å². The third-order valence-corrected chi connectivity index (χ3v) is 13.8. The highest BCUT2D eigenvalue weighted by atomic mass is 31.2. The molecule has 0 aromatic heterocycles. The van der Waals surface area contributed by atoms with E-state index in [9.17, 15) is 19.0 Å². The lowest BCUT2D eigenvalue weighted by atomic mass is 10.0. The van der Waals surface area contributed by atoms with Crippen LogP contribution >= 0.6 is 7.82 Å². The molecule has 0 spiro atoms. The Hall–Kier alpha value is -2.03. The fourth-order valence-electron chi connectivity index (χ4n) is 8.24. The van der Waals surface area contributed by atoms with Crippen molar-refractivity contribution in [1.82, 2.24) is 5.32 Å². The van der Waals surface area contributed by atoms with Crippen LogP contribution in [0.3, 0.4) is 0 Å². The van der Waals surface area contributed by atoms with Crippen molar-refractivity contribution in [3.05, 3.63) is 48.6 Å². The van der Waals surface area contributed by atoms with Gasteiger partial charge in [-0.05, 0) is 70.3 Å². The van der Waals surface area contributed by atoms with Gasteiger partial charge in [0.1, 0.15) is 19.3 Å². The minimum absolute atomic E-state index is 0.0363. The lowest BCUT2D eigenvalue weighted by Crippen LogP contribution is -2.47. The number of allylic oxidation sites excluding steroid dienone is 7. The topological polar surface area (TPSA) is 111 Å². The predicted molar refractivity (Wildman–Crippen MR) is 295 cm³/mol. The highest BCUT2D eigenvalue weighted by molar-refractivity contribution is 7.47. The van der Waals surface area contributed by atoms with Crippen LogP contribution in [0.25, 0.3) is 0 Å². The molecule has 0 heterocycles. The van der Waals surface area contributed by atoms with Gasteiger partial charge in [0.25, 0.3) is 0 Å². The minimum atomic E-state index is -4.45. The van der Waals surface area contributed by atoms with Gasteiger partial charge in [0.05, 0.1) is 33.8 Å². The van der Waals surface area contributed by atoms with Crippen LogP contribution in [0.15, 0.2) is 48.6 Å². The molecule has 9 nitrogen and oxygen atoms in total. The van der Waals surface area contributed by atoms with E-state index in [-0.39, 0.29) is 31.5 Å².